The average Bonchev–Trinajstić information content (AvgIpc) is 3.99. The number of nitrogens with one attached hydrogen (secondary N) is 1. The van der Waals surface area contributed by atoms with E-state index in [1.165, 1.54) is 19.1 Å². The van der Waals surface area contributed by atoms with Crippen molar-refractivity contribution in [3.63, 3.8) is 0 Å². The first kappa shape index (κ1) is 58.1. The number of amides is 4. The van der Waals surface area contributed by atoms with Gasteiger partial charge < -0.3 is 34.7 Å². The zero-order valence-electron chi connectivity index (χ0n) is 39.7. The van der Waals surface area contributed by atoms with Crippen molar-refractivity contribution in [3.05, 3.63) is 93.0 Å². The molecule has 2 aromatic carbocycles. The monoisotopic (exact) mass is 1160 g/mol. The molecule has 0 bridgehead atoms. The molecule has 1 fully saturated rings. The van der Waals surface area contributed by atoms with Gasteiger partial charge in [0, 0.05) is 61.1 Å². The van der Waals surface area contributed by atoms with Crippen LogP contribution in [0, 0.1) is 24.5 Å². The summed E-state index contributed by atoms with van der Waals surface area (Å²) in [6.07, 6.45) is -13.1. The van der Waals surface area contributed by atoms with Gasteiger partial charge in [0.05, 0.1) is 40.3 Å². The molecular weight excluding hydrogens is 1120 g/mol. The average molecular weight is 1160 g/mol. The summed E-state index contributed by atoms with van der Waals surface area (Å²) in [6, 6.07) is 3.39. The number of urea groups is 1. The number of rotatable bonds is 19. The molecule has 34 heteroatoms. The molecule has 5 aromatic rings. The first-order valence-electron chi connectivity index (χ1n) is 22.2. The number of carboxylic acid groups (broad SMARTS) is 1. The fourth-order valence-electron chi connectivity index (χ4n) is 8.79. The third-order valence-corrected chi connectivity index (χ3v) is 13.8. The molecule has 77 heavy (non-hydrogen) atoms. The van der Waals surface area contributed by atoms with Gasteiger partial charge in [-0.3, -0.25) is 23.9 Å². The highest BCUT2D eigenvalue weighted by Crippen LogP contribution is 2.68. The van der Waals surface area contributed by atoms with Crippen molar-refractivity contribution in [2.24, 2.45) is 5.92 Å². The number of benzene rings is 2. The van der Waals surface area contributed by atoms with Gasteiger partial charge in [-0.05, 0) is 55.5 Å². The van der Waals surface area contributed by atoms with Crippen molar-refractivity contribution in [2.45, 2.75) is 69.5 Å². The first-order valence-corrected chi connectivity index (χ1v) is 25.9. The summed E-state index contributed by atoms with van der Waals surface area (Å²) < 4.78 is 194. The number of carboxylic acids is 1. The zero-order valence-corrected chi connectivity index (χ0v) is 42.2. The molecule has 0 spiro atoms. The fraction of sp³-hybridized carbons (Fsp3) is 0.419. The van der Waals surface area contributed by atoms with Crippen LogP contribution in [-0.2, 0) is 65.0 Å². The van der Waals surface area contributed by atoms with E-state index >= 15 is 8.78 Å². The number of likely N-dealkylation sites (N-methyl/N-ethyl adjacent to an activating group) is 1. The molecular formula is C43H41ClF10N9O12PS. The Bertz CT molecular complexity index is 3320. The van der Waals surface area contributed by atoms with Crippen LogP contribution in [0.2, 0.25) is 5.02 Å². The summed E-state index contributed by atoms with van der Waals surface area (Å²) in [6.45, 7) is -5.42. The number of alkyl halides is 8. The predicted octanol–water partition coefficient (Wildman–Crippen LogP) is 7.22. The lowest BCUT2D eigenvalue weighted by Gasteiger charge is -2.29. The number of phosphoric acid groups is 1. The standard InChI is InChI=1S/C43H41ClF10N9O12PS/c1-20-4-5-24(34(55-20)29(14-21-12-22(45)15-23(46)13-21)56-30(64)17-61-37-32(36(57-61)43(52,53)54)26-16-27(26)42(37,50)51)25-6-7-28(44)33-35(25)62(18-41(47,48)49)58-38(33)63(77(3,72)73)39(67)60(9-8-31(65)66)11-10-59(2)40(68)74-19-75-76(69,70)71/h4-7,12-13,15,26-27,29H,8-11,14,16-19H2,1-3H3,(H,56,64)(H,65,66)(H2,69,70,71)/t26-,27+,29-/m0/s1. The molecule has 21 nitrogen and oxygen atoms in total. The number of nitrogens with zero attached hydrogens (tertiary/aromatic N) is 8. The molecule has 1 saturated carbocycles. The van der Waals surface area contributed by atoms with Gasteiger partial charge in [0.2, 0.25) is 22.7 Å². The minimum Gasteiger partial charge on any atom is -0.481 e. The summed E-state index contributed by atoms with van der Waals surface area (Å²) in [4.78, 5) is 76.2. The van der Waals surface area contributed by atoms with Gasteiger partial charge in [0.15, 0.2) is 11.5 Å². The normalized spacial score (nSPS) is 16.4. The van der Waals surface area contributed by atoms with Gasteiger partial charge in [-0.1, -0.05) is 23.7 Å². The number of aliphatic carboxylic acids is 1. The molecule has 2 aliphatic carbocycles. The van der Waals surface area contributed by atoms with E-state index in [-0.39, 0.29) is 48.2 Å². The van der Waals surface area contributed by atoms with E-state index in [0.29, 0.717) is 22.1 Å². The molecule has 2 aliphatic rings. The van der Waals surface area contributed by atoms with E-state index in [9.17, 15) is 72.4 Å². The van der Waals surface area contributed by atoms with Crippen LogP contribution in [0.3, 0.4) is 0 Å². The Kier molecular flexibility index (Phi) is 16.1. The Morgan fingerprint density at radius 2 is 1.62 bits per heavy atom. The number of aryl methyl sites for hydroxylation is 1. The second kappa shape index (κ2) is 21.3. The molecule has 418 valence electrons. The lowest BCUT2D eigenvalue weighted by Crippen LogP contribution is -2.49. The number of fused-ring (bicyclic) bond motifs is 4. The number of anilines is 1. The van der Waals surface area contributed by atoms with Gasteiger partial charge >= 0.3 is 38.3 Å². The van der Waals surface area contributed by atoms with Gasteiger partial charge in [-0.15, -0.1) is 0 Å². The van der Waals surface area contributed by atoms with Crippen LogP contribution < -0.4 is 9.62 Å². The van der Waals surface area contributed by atoms with Crippen LogP contribution >= 0.6 is 19.4 Å². The summed E-state index contributed by atoms with van der Waals surface area (Å²) >= 11 is 6.66. The van der Waals surface area contributed by atoms with Crippen LogP contribution in [0.25, 0.3) is 22.0 Å². The molecule has 0 aliphatic heterocycles. The highest BCUT2D eigenvalue weighted by atomic mass is 35.5. The molecule has 4 N–H and O–H groups in total. The van der Waals surface area contributed by atoms with Crippen molar-refractivity contribution < 1.29 is 100 Å². The van der Waals surface area contributed by atoms with Gasteiger partial charge in [0.25, 0.3) is 5.92 Å². The van der Waals surface area contributed by atoms with E-state index in [1.54, 1.807) is 0 Å². The van der Waals surface area contributed by atoms with E-state index in [2.05, 4.69) is 29.8 Å². The lowest BCUT2D eigenvalue weighted by atomic mass is 9.93. The molecule has 0 saturated heterocycles. The molecule has 0 unspecified atom stereocenters. The van der Waals surface area contributed by atoms with Gasteiger partial charge in [-0.25, -0.2) is 35.9 Å². The fourth-order valence-corrected chi connectivity index (χ4v) is 10.1. The number of halogens is 11. The van der Waals surface area contributed by atoms with Crippen LogP contribution in [-0.4, -0.2) is 128 Å². The minimum atomic E-state index is -5.22. The smallest absolute Gasteiger partial charge is 0.472 e. The summed E-state index contributed by atoms with van der Waals surface area (Å²) in [5, 5.41) is 17.9. The van der Waals surface area contributed by atoms with Gasteiger partial charge in [0.1, 0.15) is 30.4 Å². The number of hydrogen-bond donors (Lipinski definition) is 4. The Labute approximate surface area is 432 Å². The minimum absolute atomic E-state index is 0.102. The number of phosphoric ester groups is 1. The quantitative estimate of drug-likeness (QED) is 0.0361. The Hall–Kier alpha value is -6.60. The number of carbonyl (C=O) groups is 4. The first-order chi connectivity index (χ1) is 35.5. The van der Waals surface area contributed by atoms with Crippen LogP contribution in [0.1, 0.15) is 58.7 Å². The summed E-state index contributed by atoms with van der Waals surface area (Å²) in [5.74, 6) is -12.7. The number of hydrogen-bond acceptors (Lipinski definition) is 12. The van der Waals surface area contributed by atoms with Crippen molar-refractivity contribution in [3.8, 4) is 11.1 Å². The third kappa shape index (κ3) is 13.1. The van der Waals surface area contributed by atoms with Crippen LogP contribution in [0.4, 0.5) is 59.3 Å². The third-order valence-electron chi connectivity index (χ3n) is 12.0. The Morgan fingerprint density at radius 1 is 0.974 bits per heavy atom. The molecule has 7 rings (SSSR count). The van der Waals surface area contributed by atoms with Crippen molar-refractivity contribution in [1.82, 2.24) is 39.7 Å². The SMILES string of the molecule is Cc1ccc(-c2ccc(Cl)c3c(N(C(=O)N(CCC(=O)O)CCN(C)C(=O)OCOP(=O)(O)O)S(C)(=O)=O)nn(CC(F)(F)F)c23)c([C@H](Cc2cc(F)cc(F)c2)NC(=O)Cn2nc(C(F)(F)F)c3c2C(F)(F)[C@@H]2C[C@H]32)n1. The van der Waals surface area contributed by atoms with E-state index in [1.807, 2.05) is 0 Å². The van der Waals surface area contributed by atoms with Crippen molar-refractivity contribution in [2.75, 3.05) is 44.0 Å². The second-order valence-corrected chi connectivity index (χ2v) is 21.2. The Morgan fingerprint density at radius 3 is 2.22 bits per heavy atom. The summed E-state index contributed by atoms with van der Waals surface area (Å²) in [5.41, 5.74) is -5.35. The van der Waals surface area contributed by atoms with Crippen molar-refractivity contribution >= 4 is 70.2 Å². The number of carbonyl (C=O) groups excluding carboxylic acids is 3. The number of pyridine rings is 1. The number of ether oxygens (including phenoxy) is 1. The molecule has 3 heterocycles. The van der Waals surface area contributed by atoms with E-state index in [4.69, 9.17) is 21.4 Å². The van der Waals surface area contributed by atoms with Crippen LogP contribution in [0.5, 0.6) is 0 Å². The zero-order chi connectivity index (χ0) is 57.1. The number of aromatic nitrogens is 5. The van der Waals surface area contributed by atoms with Crippen LogP contribution in [0.15, 0.2) is 42.5 Å². The lowest BCUT2D eigenvalue weighted by molar-refractivity contribution is -0.143. The van der Waals surface area contributed by atoms with E-state index in [0.717, 1.165) is 31.3 Å². The topological polar surface area (TPSA) is 269 Å². The summed E-state index contributed by atoms with van der Waals surface area (Å²) in [7, 11) is -9.16. The molecule has 3 atom stereocenters. The maximum absolute atomic E-state index is 15.5. The largest absolute Gasteiger partial charge is 0.481 e. The molecule has 4 amide bonds. The maximum Gasteiger partial charge on any atom is 0.472 e. The highest BCUT2D eigenvalue weighted by molar-refractivity contribution is 7.92. The number of sulfonamides is 1. The Balaban J connectivity index is 1.35. The van der Waals surface area contributed by atoms with Gasteiger partial charge in [-0.2, -0.15) is 49.6 Å². The maximum atomic E-state index is 15.5. The van der Waals surface area contributed by atoms with E-state index < -0.39 is 181 Å². The molecule has 0 radical (unpaired) electrons. The highest BCUT2D eigenvalue weighted by Gasteiger charge is 2.68. The van der Waals surface area contributed by atoms with Crippen molar-refractivity contribution in [1.29, 1.82) is 0 Å². The molecule has 3 aromatic heterocycles. The predicted molar refractivity (Wildman–Crippen MR) is 245 cm³/mol. The second-order valence-electron chi connectivity index (χ2n) is 17.8.